The van der Waals surface area contributed by atoms with Gasteiger partial charge in [-0.1, -0.05) is 20.8 Å². The maximum absolute atomic E-state index is 3.59. The summed E-state index contributed by atoms with van der Waals surface area (Å²) in [4.78, 5) is 2.70. The van der Waals surface area contributed by atoms with Crippen LogP contribution in [0.1, 0.15) is 46.5 Å². The van der Waals surface area contributed by atoms with Crippen LogP contribution in [0.3, 0.4) is 0 Å². The lowest BCUT2D eigenvalue weighted by molar-refractivity contribution is 0.121. The fourth-order valence-corrected chi connectivity index (χ4v) is 3.41. The molecule has 2 aliphatic heterocycles. The summed E-state index contributed by atoms with van der Waals surface area (Å²) in [6, 6.07) is 0. The maximum atomic E-state index is 3.59. The van der Waals surface area contributed by atoms with Crippen molar-refractivity contribution in [2.45, 2.75) is 46.5 Å². The molecule has 16 heavy (non-hydrogen) atoms. The molecular formula is C14H28N2. The van der Waals surface area contributed by atoms with Gasteiger partial charge in [0.1, 0.15) is 0 Å². The van der Waals surface area contributed by atoms with Crippen LogP contribution in [-0.4, -0.2) is 37.6 Å². The second-order valence-corrected chi connectivity index (χ2v) is 6.76. The average Bonchev–Trinajstić information content (AvgIpc) is 2.59. The van der Waals surface area contributed by atoms with Crippen molar-refractivity contribution in [2.75, 3.05) is 32.7 Å². The first kappa shape index (κ1) is 12.4. The molecule has 2 heteroatoms. The molecule has 0 saturated carbocycles. The van der Waals surface area contributed by atoms with Crippen molar-refractivity contribution in [3.63, 3.8) is 0 Å². The van der Waals surface area contributed by atoms with Gasteiger partial charge in [-0.15, -0.1) is 0 Å². The highest BCUT2D eigenvalue weighted by Gasteiger charge is 2.36. The smallest absolute Gasteiger partial charge is 0.00503 e. The third-order valence-electron chi connectivity index (χ3n) is 4.63. The van der Waals surface area contributed by atoms with E-state index in [1.54, 1.807) is 0 Å². The molecule has 94 valence electrons. The highest BCUT2D eigenvalue weighted by atomic mass is 15.2. The van der Waals surface area contributed by atoms with Gasteiger partial charge in [0.15, 0.2) is 0 Å². The highest BCUT2D eigenvalue weighted by Crippen LogP contribution is 2.35. The number of rotatable bonds is 3. The summed E-state index contributed by atoms with van der Waals surface area (Å²) in [5, 5.41) is 3.59. The third kappa shape index (κ3) is 2.78. The van der Waals surface area contributed by atoms with E-state index >= 15 is 0 Å². The molecule has 0 aliphatic carbocycles. The van der Waals surface area contributed by atoms with E-state index < -0.39 is 0 Å². The fraction of sp³-hybridized carbons (Fsp3) is 1.00. The maximum Gasteiger partial charge on any atom is 0.00503 e. The van der Waals surface area contributed by atoms with Gasteiger partial charge in [-0.05, 0) is 49.6 Å². The molecule has 0 bridgehead atoms. The zero-order valence-electron chi connectivity index (χ0n) is 11.3. The molecule has 2 aliphatic rings. The van der Waals surface area contributed by atoms with E-state index in [1.165, 1.54) is 58.4 Å². The first-order valence-corrected chi connectivity index (χ1v) is 6.98. The predicted molar refractivity (Wildman–Crippen MR) is 69.7 cm³/mol. The Labute approximate surface area is 101 Å². The molecule has 0 amide bonds. The highest BCUT2D eigenvalue weighted by molar-refractivity contribution is 4.91. The summed E-state index contributed by atoms with van der Waals surface area (Å²) in [6.45, 7) is 13.6. The van der Waals surface area contributed by atoms with E-state index in [-0.39, 0.29) is 0 Å². The van der Waals surface area contributed by atoms with Crippen molar-refractivity contribution < 1.29 is 0 Å². The summed E-state index contributed by atoms with van der Waals surface area (Å²) in [5.74, 6) is 0. The zero-order valence-corrected chi connectivity index (χ0v) is 11.3. The van der Waals surface area contributed by atoms with E-state index in [0.29, 0.717) is 10.8 Å². The molecule has 0 spiro atoms. The number of hydrogen-bond acceptors (Lipinski definition) is 2. The molecule has 0 aromatic heterocycles. The van der Waals surface area contributed by atoms with E-state index in [0.717, 1.165) is 0 Å². The second kappa shape index (κ2) is 4.66. The molecule has 2 rings (SSSR count). The Balaban J connectivity index is 1.91. The number of nitrogens with one attached hydrogen (secondary N) is 1. The Morgan fingerprint density at radius 3 is 2.56 bits per heavy atom. The number of likely N-dealkylation sites (tertiary alicyclic amines) is 1. The molecule has 1 atom stereocenters. The lowest BCUT2D eigenvalue weighted by atomic mass is 9.78. The Hall–Kier alpha value is -0.0800. The van der Waals surface area contributed by atoms with Crippen molar-refractivity contribution in [3.8, 4) is 0 Å². The van der Waals surface area contributed by atoms with Crippen LogP contribution in [0.15, 0.2) is 0 Å². The Morgan fingerprint density at radius 2 is 2.06 bits per heavy atom. The number of nitrogens with zero attached hydrogens (tertiary/aromatic N) is 1. The summed E-state index contributed by atoms with van der Waals surface area (Å²) >= 11 is 0. The van der Waals surface area contributed by atoms with Gasteiger partial charge in [0, 0.05) is 19.6 Å². The van der Waals surface area contributed by atoms with Gasteiger partial charge in [0.25, 0.3) is 0 Å². The predicted octanol–water partition coefficient (Wildman–Crippen LogP) is 2.50. The Morgan fingerprint density at radius 1 is 1.25 bits per heavy atom. The van der Waals surface area contributed by atoms with Crippen LogP contribution in [0.25, 0.3) is 0 Å². The molecule has 2 heterocycles. The summed E-state index contributed by atoms with van der Waals surface area (Å²) in [7, 11) is 0. The quantitative estimate of drug-likeness (QED) is 0.792. The molecule has 0 aromatic carbocycles. The van der Waals surface area contributed by atoms with Crippen LogP contribution in [0.2, 0.25) is 0 Å². The van der Waals surface area contributed by atoms with Gasteiger partial charge >= 0.3 is 0 Å². The summed E-state index contributed by atoms with van der Waals surface area (Å²) < 4.78 is 0. The minimum absolute atomic E-state index is 0.553. The Kier molecular flexibility index (Phi) is 3.60. The topological polar surface area (TPSA) is 15.3 Å². The van der Waals surface area contributed by atoms with Gasteiger partial charge in [0.05, 0.1) is 0 Å². The zero-order chi connectivity index (χ0) is 11.6. The van der Waals surface area contributed by atoms with Crippen LogP contribution in [-0.2, 0) is 0 Å². The summed E-state index contributed by atoms with van der Waals surface area (Å²) in [6.07, 6.45) is 5.50. The third-order valence-corrected chi connectivity index (χ3v) is 4.63. The first-order valence-electron chi connectivity index (χ1n) is 6.98. The summed E-state index contributed by atoms with van der Waals surface area (Å²) in [5.41, 5.74) is 1.12. The van der Waals surface area contributed by atoms with E-state index in [9.17, 15) is 0 Å². The SMILES string of the molecule is CCC1(CN2CCC(C)(C)C2)CCCNC1. The van der Waals surface area contributed by atoms with Crippen molar-refractivity contribution in [1.82, 2.24) is 10.2 Å². The number of hydrogen-bond donors (Lipinski definition) is 1. The standard InChI is InChI=1S/C14H28N2/c1-4-14(6-5-8-15-10-14)12-16-9-7-13(2,3)11-16/h15H,4-12H2,1-3H3. The van der Waals surface area contributed by atoms with Crippen LogP contribution in [0.4, 0.5) is 0 Å². The molecule has 2 saturated heterocycles. The van der Waals surface area contributed by atoms with Crippen molar-refractivity contribution in [2.24, 2.45) is 10.8 Å². The lowest BCUT2D eigenvalue weighted by Crippen LogP contribution is -2.47. The second-order valence-electron chi connectivity index (χ2n) is 6.76. The largest absolute Gasteiger partial charge is 0.316 e. The van der Waals surface area contributed by atoms with Crippen LogP contribution < -0.4 is 5.32 Å². The fourth-order valence-electron chi connectivity index (χ4n) is 3.41. The molecule has 2 nitrogen and oxygen atoms in total. The average molecular weight is 224 g/mol. The first-order chi connectivity index (χ1) is 7.55. The molecule has 0 aromatic rings. The van der Waals surface area contributed by atoms with Gasteiger partial charge in [-0.2, -0.15) is 0 Å². The molecule has 0 radical (unpaired) electrons. The molecule has 1 unspecified atom stereocenters. The lowest BCUT2D eigenvalue weighted by Gasteiger charge is -2.40. The molecular weight excluding hydrogens is 196 g/mol. The van der Waals surface area contributed by atoms with Crippen LogP contribution in [0, 0.1) is 10.8 Å². The van der Waals surface area contributed by atoms with Crippen LogP contribution >= 0.6 is 0 Å². The molecule has 1 N–H and O–H groups in total. The van der Waals surface area contributed by atoms with Gasteiger partial charge in [0.2, 0.25) is 0 Å². The van der Waals surface area contributed by atoms with Crippen LogP contribution in [0.5, 0.6) is 0 Å². The van der Waals surface area contributed by atoms with Crippen molar-refractivity contribution >= 4 is 0 Å². The van der Waals surface area contributed by atoms with E-state index in [4.69, 9.17) is 0 Å². The molecule has 2 fully saturated rings. The van der Waals surface area contributed by atoms with Crippen molar-refractivity contribution in [1.29, 1.82) is 0 Å². The van der Waals surface area contributed by atoms with Crippen molar-refractivity contribution in [3.05, 3.63) is 0 Å². The minimum Gasteiger partial charge on any atom is -0.316 e. The van der Waals surface area contributed by atoms with E-state index in [2.05, 4.69) is 31.0 Å². The minimum atomic E-state index is 0.553. The van der Waals surface area contributed by atoms with Gasteiger partial charge < -0.3 is 10.2 Å². The van der Waals surface area contributed by atoms with Gasteiger partial charge in [-0.25, -0.2) is 0 Å². The number of piperidine rings is 1. The Bertz CT molecular complexity index is 229. The van der Waals surface area contributed by atoms with E-state index in [1.807, 2.05) is 0 Å². The monoisotopic (exact) mass is 224 g/mol. The van der Waals surface area contributed by atoms with Gasteiger partial charge in [-0.3, -0.25) is 0 Å². The normalized spacial score (nSPS) is 35.4.